The number of amides is 1. The van der Waals surface area contributed by atoms with Crippen molar-refractivity contribution in [3.8, 4) is 17.2 Å². The van der Waals surface area contributed by atoms with Crippen molar-refractivity contribution in [3.63, 3.8) is 0 Å². The molecule has 2 aromatic carbocycles. The van der Waals surface area contributed by atoms with Gasteiger partial charge in [-0.25, -0.2) is 9.37 Å². The van der Waals surface area contributed by atoms with Gasteiger partial charge in [0.2, 0.25) is 11.9 Å². The molecule has 1 amide bonds. The molecule has 2 aliphatic heterocycles. The van der Waals surface area contributed by atoms with Crippen LogP contribution in [0.25, 0.3) is 32.9 Å². The van der Waals surface area contributed by atoms with Crippen molar-refractivity contribution in [2.75, 3.05) is 56.6 Å². The zero-order valence-electron chi connectivity index (χ0n) is 25.3. The Labute approximate surface area is 250 Å². The van der Waals surface area contributed by atoms with Crippen molar-refractivity contribution in [2.45, 2.75) is 32.4 Å². The van der Waals surface area contributed by atoms with Crippen LogP contribution in [0.5, 0.6) is 0 Å². The lowest BCUT2D eigenvalue weighted by molar-refractivity contribution is -0.128. The lowest BCUT2D eigenvalue weighted by Gasteiger charge is -2.44. The normalized spacial score (nSPS) is 17.5. The second kappa shape index (κ2) is 10.9. The molecule has 0 N–H and O–H groups in total. The second-order valence-electron chi connectivity index (χ2n) is 11.8. The molecule has 0 spiro atoms. The third-order valence-electron chi connectivity index (χ3n) is 8.90. The topological polar surface area (TPSA) is 97.4 Å². The number of hydrogen-bond acceptors (Lipinski definition) is 8. The number of carbonyl (C=O) groups excluding carboxylic acids is 1. The molecule has 0 aliphatic carbocycles. The van der Waals surface area contributed by atoms with E-state index in [1.54, 1.807) is 15.8 Å². The summed E-state index contributed by atoms with van der Waals surface area (Å²) in [5.41, 5.74) is 4.16. The number of halogens is 1. The van der Waals surface area contributed by atoms with E-state index in [1.807, 2.05) is 53.2 Å². The van der Waals surface area contributed by atoms with Crippen molar-refractivity contribution < 1.29 is 9.18 Å². The second-order valence-corrected chi connectivity index (χ2v) is 11.8. The first-order valence-electron chi connectivity index (χ1n) is 14.5. The number of aryl methyl sites for hydroxylation is 3. The number of nitriles is 1. The summed E-state index contributed by atoms with van der Waals surface area (Å²) in [6.45, 7) is 10.3. The first-order chi connectivity index (χ1) is 20.6. The van der Waals surface area contributed by atoms with Gasteiger partial charge in [-0.2, -0.15) is 15.3 Å². The van der Waals surface area contributed by atoms with Crippen molar-refractivity contribution in [1.29, 1.82) is 5.26 Å². The highest BCUT2D eigenvalue weighted by Gasteiger charge is 2.35. The Morgan fingerprint density at radius 3 is 2.60 bits per heavy atom. The predicted octanol–water partition coefficient (Wildman–Crippen LogP) is 3.81. The van der Waals surface area contributed by atoms with Crippen LogP contribution in [0.2, 0.25) is 0 Å². The van der Waals surface area contributed by atoms with Crippen LogP contribution in [0.1, 0.15) is 17.5 Å². The molecule has 1 unspecified atom stereocenters. The van der Waals surface area contributed by atoms with Gasteiger partial charge in [0, 0.05) is 67.7 Å². The average molecular weight is 582 g/mol. The maximum absolute atomic E-state index is 17.0. The molecule has 2 aliphatic rings. The number of fused-ring (bicyclic) bond motifs is 2. The first kappa shape index (κ1) is 28.6. The number of hydrogen-bond donors (Lipinski definition) is 0. The van der Waals surface area contributed by atoms with Crippen LogP contribution in [-0.4, -0.2) is 94.4 Å². The van der Waals surface area contributed by atoms with Gasteiger partial charge >= 0.3 is 0 Å². The van der Waals surface area contributed by atoms with Gasteiger partial charge in [-0.1, -0.05) is 18.7 Å². The fraction of sp³-hybridized carbons (Fsp3) is 0.406. The molecule has 0 radical (unpaired) electrons. The summed E-state index contributed by atoms with van der Waals surface area (Å²) in [6.07, 6.45) is 3.26. The SMILES string of the molecule is C=CC(=O)N1CCN(c2nc(N3CC(N(C)C)C3)nc3c(F)c(-c4c(C)ccc5cnn(C)c45)c(C)cc23)CC1CC#N. The van der Waals surface area contributed by atoms with Gasteiger partial charge in [-0.3, -0.25) is 9.48 Å². The molecule has 4 heterocycles. The number of carbonyl (C=O) groups is 1. The van der Waals surface area contributed by atoms with E-state index in [2.05, 4.69) is 32.4 Å². The molecule has 0 saturated carbocycles. The molecule has 2 fully saturated rings. The van der Waals surface area contributed by atoms with Gasteiger partial charge in [0.15, 0.2) is 5.82 Å². The van der Waals surface area contributed by atoms with Gasteiger partial charge < -0.3 is 19.6 Å². The van der Waals surface area contributed by atoms with Gasteiger partial charge in [0.25, 0.3) is 0 Å². The summed E-state index contributed by atoms with van der Waals surface area (Å²) in [5, 5.41) is 15.5. The third kappa shape index (κ3) is 4.76. The van der Waals surface area contributed by atoms with Crippen LogP contribution in [0.4, 0.5) is 16.2 Å². The summed E-state index contributed by atoms with van der Waals surface area (Å²) in [4.78, 5) is 30.4. The fourth-order valence-electron chi connectivity index (χ4n) is 6.38. The number of rotatable bonds is 6. The molecule has 11 heteroatoms. The molecular formula is C32H36FN9O. The van der Waals surface area contributed by atoms with Crippen LogP contribution in [0, 0.1) is 31.0 Å². The van der Waals surface area contributed by atoms with Crippen molar-refractivity contribution in [2.24, 2.45) is 7.05 Å². The standard InChI is InChI=1S/C32H36FN9O/c1-7-25(43)42-13-12-40(16-22(42)10-11-34)31-24-14-20(3)26(27-19(2)8-9-21-15-35-39(6)30(21)27)28(33)29(24)36-32(37-31)41-17-23(18-41)38(4)5/h7-9,14-15,22-23H,1,10,12-13,16-18H2,2-6H3. The molecule has 0 bridgehead atoms. The molecule has 10 nitrogen and oxygen atoms in total. The van der Waals surface area contributed by atoms with Crippen LogP contribution in [0.15, 0.2) is 37.1 Å². The Bertz CT molecular complexity index is 1800. The molecule has 43 heavy (non-hydrogen) atoms. The van der Waals surface area contributed by atoms with E-state index in [4.69, 9.17) is 9.97 Å². The summed E-state index contributed by atoms with van der Waals surface area (Å²) < 4.78 is 18.8. The highest BCUT2D eigenvalue weighted by molar-refractivity contribution is 6.01. The Balaban J connectivity index is 1.53. The number of piperazine rings is 1. The minimum atomic E-state index is -0.393. The molecule has 6 rings (SSSR count). The van der Waals surface area contributed by atoms with E-state index < -0.39 is 5.82 Å². The third-order valence-corrected chi connectivity index (χ3v) is 8.90. The van der Waals surface area contributed by atoms with Gasteiger partial charge in [0.05, 0.1) is 30.2 Å². The molecular weight excluding hydrogens is 545 g/mol. The summed E-state index contributed by atoms with van der Waals surface area (Å²) >= 11 is 0. The summed E-state index contributed by atoms with van der Waals surface area (Å²) in [7, 11) is 5.96. The van der Waals surface area contributed by atoms with Crippen LogP contribution >= 0.6 is 0 Å². The highest BCUT2D eigenvalue weighted by Crippen LogP contribution is 2.41. The highest BCUT2D eigenvalue weighted by atomic mass is 19.1. The van der Waals surface area contributed by atoms with E-state index in [0.29, 0.717) is 48.4 Å². The number of nitrogens with zero attached hydrogens (tertiary/aromatic N) is 9. The minimum Gasteiger partial charge on any atom is -0.352 e. The summed E-state index contributed by atoms with van der Waals surface area (Å²) in [6, 6.07) is 8.22. The maximum Gasteiger partial charge on any atom is 0.246 e. The Hall–Kier alpha value is -4.56. The Morgan fingerprint density at radius 1 is 1.14 bits per heavy atom. The zero-order chi connectivity index (χ0) is 30.6. The van der Waals surface area contributed by atoms with Gasteiger partial charge in [-0.15, -0.1) is 0 Å². The van der Waals surface area contributed by atoms with E-state index >= 15 is 4.39 Å². The van der Waals surface area contributed by atoms with E-state index in [-0.39, 0.29) is 23.9 Å². The van der Waals surface area contributed by atoms with E-state index in [1.165, 1.54) is 6.08 Å². The number of benzene rings is 2. The Morgan fingerprint density at radius 2 is 1.91 bits per heavy atom. The maximum atomic E-state index is 17.0. The number of anilines is 2. The quantitative estimate of drug-likeness (QED) is 0.317. The monoisotopic (exact) mass is 581 g/mol. The lowest BCUT2D eigenvalue weighted by Crippen LogP contribution is -2.58. The minimum absolute atomic E-state index is 0.175. The predicted molar refractivity (Wildman–Crippen MR) is 167 cm³/mol. The average Bonchev–Trinajstić information content (AvgIpc) is 3.33. The van der Waals surface area contributed by atoms with Crippen LogP contribution in [-0.2, 0) is 11.8 Å². The molecule has 222 valence electrons. The van der Waals surface area contributed by atoms with Crippen molar-refractivity contribution >= 4 is 39.5 Å². The Kier molecular flexibility index (Phi) is 7.26. The van der Waals surface area contributed by atoms with Crippen molar-refractivity contribution in [1.82, 2.24) is 29.5 Å². The van der Waals surface area contributed by atoms with Crippen molar-refractivity contribution in [3.05, 3.63) is 54.0 Å². The molecule has 2 aromatic heterocycles. The van der Waals surface area contributed by atoms with E-state index in [9.17, 15) is 10.1 Å². The van der Waals surface area contributed by atoms with Crippen LogP contribution in [0.3, 0.4) is 0 Å². The molecule has 4 aromatic rings. The summed E-state index contributed by atoms with van der Waals surface area (Å²) in [5.74, 6) is 0.502. The first-order valence-corrected chi connectivity index (χ1v) is 14.5. The van der Waals surface area contributed by atoms with Crippen LogP contribution < -0.4 is 9.80 Å². The van der Waals surface area contributed by atoms with Gasteiger partial charge in [-0.05, 0) is 51.2 Å². The number of aromatic nitrogens is 4. The van der Waals surface area contributed by atoms with Gasteiger partial charge in [0.1, 0.15) is 11.3 Å². The largest absolute Gasteiger partial charge is 0.352 e. The zero-order valence-corrected chi connectivity index (χ0v) is 25.3. The van der Waals surface area contributed by atoms with E-state index in [0.717, 1.165) is 40.7 Å². The lowest BCUT2D eigenvalue weighted by atomic mass is 9.92. The molecule has 2 saturated heterocycles. The number of likely N-dealkylation sites (N-methyl/N-ethyl adjacent to an activating group) is 1. The fourth-order valence-corrected chi connectivity index (χ4v) is 6.38. The molecule has 1 atom stereocenters. The smallest absolute Gasteiger partial charge is 0.246 e.